The standard InChI is InChI=1S/C22H25N3O2S/c1-23-13-18(26)15-25-11-9-20-17(14-25)3-2-4-21(20)27-19-7-5-16(6-8-19)22-24-10-12-28-22/h2-8,10,12,18,23,26H,9,11,13-15H2,1H3. The molecule has 0 amide bonds. The third-order valence-corrected chi connectivity index (χ3v) is 5.79. The molecule has 1 aliphatic rings. The van der Waals surface area contributed by atoms with Crippen molar-refractivity contribution >= 4 is 11.3 Å². The van der Waals surface area contributed by atoms with Gasteiger partial charge in [-0.2, -0.15) is 0 Å². The van der Waals surface area contributed by atoms with Crippen LogP contribution in [0.1, 0.15) is 11.1 Å². The van der Waals surface area contributed by atoms with Crippen LogP contribution < -0.4 is 10.1 Å². The van der Waals surface area contributed by atoms with Crippen LogP contribution in [0, 0.1) is 0 Å². The number of fused-ring (bicyclic) bond motifs is 1. The lowest BCUT2D eigenvalue weighted by Gasteiger charge is -2.31. The second-order valence-corrected chi connectivity index (χ2v) is 7.95. The maximum absolute atomic E-state index is 10.1. The number of benzene rings is 2. The highest BCUT2D eigenvalue weighted by Crippen LogP contribution is 2.32. The highest BCUT2D eigenvalue weighted by atomic mass is 32.1. The molecular weight excluding hydrogens is 370 g/mol. The monoisotopic (exact) mass is 395 g/mol. The minimum Gasteiger partial charge on any atom is -0.457 e. The normalized spacial score (nSPS) is 15.2. The molecule has 2 heterocycles. The van der Waals surface area contributed by atoms with E-state index in [-0.39, 0.29) is 6.10 Å². The second kappa shape index (κ2) is 8.84. The Kier molecular flexibility index (Phi) is 6.02. The second-order valence-electron chi connectivity index (χ2n) is 7.05. The Labute approximate surface area is 169 Å². The predicted octanol–water partition coefficient (Wildman–Crippen LogP) is 3.54. The summed E-state index contributed by atoms with van der Waals surface area (Å²) >= 11 is 1.63. The molecule has 0 fully saturated rings. The molecule has 0 spiro atoms. The van der Waals surface area contributed by atoms with Gasteiger partial charge >= 0.3 is 0 Å². The Morgan fingerprint density at radius 1 is 1.25 bits per heavy atom. The molecule has 0 radical (unpaired) electrons. The molecule has 0 bridgehead atoms. The van der Waals surface area contributed by atoms with Crippen LogP contribution >= 0.6 is 11.3 Å². The van der Waals surface area contributed by atoms with Crippen molar-refractivity contribution in [2.24, 2.45) is 0 Å². The molecule has 3 aromatic rings. The molecule has 0 saturated carbocycles. The number of rotatable bonds is 7. The number of hydrogen-bond donors (Lipinski definition) is 2. The summed E-state index contributed by atoms with van der Waals surface area (Å²) in [6, 6.07) is 14.3. The van der Waals surface area contributed by atoms with Crippen LogP contribution in [0.4, 0.5) is 0 Å². The molecule has 6 heteroatoms. The number of β-amino-alcohol motifs (C(OH)–C–C–N with tert-alkyl or cyclic N) is 1. The zero-order chi connectivity index (χ0) is 19.3. The lowest BCUT2D eigenvalue weighted by molar-refractivity contribution is 0.106. The highest BCUT2D eigenvalue weighted by Gasteiger charge is 2.21. The van der Waals surface area contributed by atoms with Gasteiger partial charge in [0.2, 0.25) is 0 Å². The summed E-state index contributed by atoms with van der Waals surface area (Å²) in [6.07, 6.45) is 2.40. The molecule has 2 aromatic carbocycles. The first-order chi connectivity index (χ1) is 13.7. The van der Waals surface area contributed by atoms with Crippen molar-refractivity contribution in [2.75, 3.05) is 26.7 Å². The van der Waals surface area contributed by atoms with Crippen molar-refractivity contribution in [1.29, 1.82) is 0 Å². The Bertz CT molecular complexity index is 897. The average Bonchev–Trinajstić information content (AvgIpc) is 3.24. The van der Waals surface area contributed by atoms with Crippen LogP contribution in [0.3, 0.4) is 0 Å². The summed E-state index contributed by atoms with van der Waals surface area (Å²) in [5.74, 6) is 1.76. The summed E-state index contributed by atoms with van der Waals surface area (Å²) in [7, 11) is 1.86. The van der Waals surface area contributed by atoms with E-state index in [4.69, 9.17) is 4.74 Å². The van der Waals surface area contributed by atoms with Crippen LogP contribution in [0.5, 0.6) is 11.5 Å². The number of nitrogens with zero attached hydrogens (tertiary/aromatic N) is 2. The fourth-order valence-electron chi connectivity index (χ4n) is 3.64. The third-order valence-electron chi connectivity index (χ3n) is 4.97. The van der Waals surface area contributed by atoms with Gasteiger partial charge in [0.15, 0.2) is 0 Å². The number of aliphatic hydroxyl groups is 1. The van der Waals surface area contributed by atoms with Crippen LogP contribution in [-0.2, 0) is 13.0 Å². The van der Waals surface area contributed by atoms with Gasteiger partial charge in [0, 0.05) is 48.9 Å². The molecule has 0 saturated heterocycles. The van der Waals surface area contributed by atoms with Crippen molar-refractivity contribution in [3.05, 3.63) is 65.2 Å². The first-order valence-electron chi connectivity index (χ1n) is 9.56. The molecule has 4 rings (SSSR count). The lowest BCUT2D eigenvalue weighted by atomic mass is 9.98. The van der Waals surface area contributed by atoms with Gasteiger partial charge in [0.25, 0.3) is 0 Å². The van der Waals surface area contributed by atoms with Crippen molar-refractivity contribution in [1.82, 2.24) is 15.2 Å². The summed E-state index contributed by atoms with van der Waals surface area (Å²) in [4.78, 5) is 6.65. The summed E-state index contributed by atoms with van der Waals surface area (Å²) < 4.78 is 6.21. The van der Waals surface area contributed by atoms with Crippen molar-refractivity contribution < 1.29 is 9.84 Å². The van der Waals surface area contributed by atoms with Crippen molar-refractivity contribution in [3.8, 4) is 22.1 Å². The minimum atomic E-state index is -0.345. The van der Waals surface area contributed by atoms with Gasteiger partial charge < -0.3 is 15.2 Å². The minimum absolute atomic E-state index is 0.345. The fraction of sp³-hybridized carbons (Fsp3) is 0.318. The van der Waals surface area contributed by atoms with Crippen LogP contribution in [0.25, 0.3) is 10.6 Å². The quantitative estimate of drug-likeness (QED) is 0.641. The number of likely N-dealkylation sites (N-methyl/N-ethyl adjacent to an activating group) is 1. The van der Waals surface area contributed by atoms with E-state index in [2.05, 4.69) is 33.4 Å². The van der Waals surface area contributed by atoms with Gasteiger partial charge in [0.05, 0.1) is 6.10 Å². The van der Waals surface area contributed by atoms with Crippen LogP contribution in [0.2, 0.25) is 0 Å². The smallest absolute Gasteiger partial charge is 0.130 e. The number of nitrogens with one attached hydrogen (secondary N) is 1. The van der Waals surface area contributed by atoms with Crippen LogP contribution in [0.15, 0.2) is 54.0 Å². The van der Waals surface area contributed by atoms with Gasteiger partial charge in [-0.1, -0.05) is 12.1 Å². The first kappa shape index (κ1) is 19.1. The van der Waals surface area contributed by atoms with Crippen LogP contribution in [-0.4, -0.2) is 47.8 Å². The van der Waals surface area contributed by atoms with Gasteiger partial charge in [0.1, 0.15) is 16.5 Å². The Hall–Kier alpha value is -2.25. The highest BCUT2D eigenvalue weighted by molar-refractivity contribution is 7.13. The molecule has 0 aliphatic carbocycles. The maximum Gasteiger partial charge on any atom is 0.130 e. The van der Waals surface area contributed by atoms with E-state index in [0.29, 0.717) is 13.1 Å². The zero-order valence-electron chi connectivity index (χ0n) is 16.0. The molecule has 1 unspecified atom stereocenters. The maximum atomic E-state index is 10.1. The van der Waals surface area contributed by atoms with Crippen molar-refractivity contribution in [3.63, 3.8) is 0 Å². The van der Waals surface area contributed by atoms with E-state index in [1.54, 1.807) is 11.3 Å². The Balaban J connectivity index is 1.45. The number of hydrogen-bond acceptors (Lipinski definition) is 6. The predicted molar refractivity (Wildman–Crippen MR) is 113 cm³/mol. The summed E-state index contributed by atoms with van der Waals surface area (Å²) in [5, 5.41) is 16.1. The van der Waals surface area contributed by atoms with Gasteiger partial charge in [-0.05, 0) is 49.4 Å². The lowest BCUT2D eigenvalue weighted by Crippen LogP contribution is -2.40. The van der Waals surface area contributed by atoms with E-state index in [1.165, 1.54) is 11.1 Å². The molecule has 146 valence electrons. The Morgan fingerprint density at radius 2 is 2.11 bits per heavy atom. The van der Waals surface area contributed by atoms with E-state index in [9.17, 15) is 5.11 Å². The molecular formula is C22H25N3O2S. The molecule has 5 nitrogen and oxygen atoms in total. The molecule has 28 heavy (non-hydrogen) atoms. The van der Waals surface area contributed by atoms with Gasteiger partial charge in [-0.3, -0.25) is 4.90 Å². The number of thiazole rings is 1. The average molecular weight is 396 g/mol. The fourth-order valence-corrected chi connectivity index (χ4v) is 4.29. The number of aromatic nitrogens is 1. The largest absolute Gasteiger partial charge is 0.457 e. The molecule has 2 N–H and O–H groups in total. The molecule has 1 aliphatic heterocycles. The number of ether oxygens (including phenoxy) is 1. The van der Waals surface area contributed by atoms with Crippen molar-refractivity contribution in [2.45, 2.75) is 19.1 Å². The topological polar surface area (TPSA) is 57.6 Å². The summed E-state index contributed by atoms with van der Waals surface area (Å²) in [6.45, 7) is 3.07. The molecule has 1 aromatic heterocycles. The van der Waals surface area contributed by atoms with E-state index >= 15 is 0 Å². The summed E-state index contributed by atoms with van der Waals surface area (Å²) in [5.41, 5.74) is 3.65. The van der Waals surface area contributed by atoms with Gasteiger partial charge in [-0.15, -0.1) is 11.3 Å². The first-order valence-corrected chi connectivity index (χ1v) is 10.4. The number of aliphatic hydroxyl groups excluding tert-OH is 1. The van der Waals surface area contributed by atoms with Gasteiger partial charge in [-0.25, -0.2) is 4.98 Å². The zero-order valence-corrected chi connectivity index (χ0v) is 16.8. The van der Waals surface area contributed by atoms with E-state index in [0.717, 1.165) is 41.6 Å². The van der Waals surface area contributed by atoms with E-state index < -0.39 is 0 Å². The van der Waals surface area contributed by atoms with E-state index in [1.807, 2.05) is 42.9 Å². The SMILES string of the molecule is CNCC(O)CN1CCc2c(cccc2Oc2ccc(-c3nccs3)cc2)C1. The third kappa shape index (κ3) is 4.42. The Morgan fingerprint density at radius 3 is 2.86 bits per heavy atom. The molecule has 1 atom stereocenters.